The summed E-state index contributed by atoms with van der Waals surface area (Å²) in [5, 5.41) is 3.65. The third-order valence-electron chi connectivity index (χ3n) is 5.43. The van der Waals surface area contributed by atoms with Crippen LogP contribution in [0.1, 0.15) is 24.3 Å². The summed E-state index contributed by atoms with van der Waals surface area (Å²) in [4.78, 5) is 1.25. The number of ether oxygens (including phenoxy) is 3. The van der Waals surface area contributed by atoms with E-state index in [4.69, 9.17) is 26.4 Å². The van der Waals surface area contributed by atoms with Crippen molar-refractivity contribution in [2.75, 3.05) is 26.6 Å². The van der Waals surface area contributed by atoms with Crippen molar-refractivity contribution in [1.82, 2.24) is 3.96 Å². The standard InChI is InChI=1S/C23H26N2O3S2/c1-23(2)21-20(16-13-15(26-3)7-8-17(16)24-23)22(29)25(30-21)11-10-14-6-9-18(27-4)19(12-14)28-5/h6-9,12-13,24H,10-11H2,1-5H3. The maximum absolute atomic E-state index is 5.93. The third-order valence-corrected chi connectivity index (χ3v) is 7.45. The van der Waals surface area contributed by atoms with Crippen LogP contribution in [0.5, 0.6) is 17.2 Å². The normalized spacial score (nSPS) is 13.8. The number of fused-ring (bicyclic) bond motifs is 3. The van der Waals surface area contributed by atoms with E-state index in [9.17, 15) is 0 Å². The van der Waals surface area contributed by atoms with E-state index in [0.717, 1.165) is 51.7 Å². The number of nitrogens with one attached hydrogen (secondary N) is 1. The molecular weight excluding hydrogens is 416 g/mol. The van der Waals surface area contributed by atoms with Gasteiger partial charge in [0.1, 0.15) is 10.4 Å². The van der Waals surface area contributed by atoms with E-state index in [2.05, 4.69) is 41.3 Å². The molecule has 0 bridgehead atoms. The summed E-state index contributed by atoms with van der Waals surface area (Å²) in [5.41, 5.74) is 4.32. The molecule has 30 heavy (non-hydrogen) atoms. The number of hydrogen-bond acceptors (Lipinski definition) is 6. The summed E-state index contributed by atoms with van der Waals surface area (Å²) in [7, 11) is 5.00. The third kappa shape index (κ3) is 3.56. The van der Waals surface area contributed by atoms with Crippen molar-refractivity contribution in [2.24, 2.45) is 0 Å². The van der Waals surface area contributed by atoms with Crippen molar-refractivity contribution in [1.29, 1.82) is 0 Å². The molecule has 0 saturated heterocycles. The summed E-state index contributed by atoms with van der Waals surface area (Å²) in [6.07, 6.45) is 0.854. The van der Waals surface area contributed by atoms with E-state index in [1.54, 1.807) is 32.9 Å². The van der Waals surface area contributed by atoms with Crippen molar-refractivity contribution in [3.05, 3.63) is 51.5 Å². The molecule has 2 heterocycles. The Balaban J connectivity index is 1.69. The Morgan fingerprint density at radius 1 is 1.00 bits per heavy atom. The predicted molar refractivity (Wildman–Crippen MR) is 125 cm³/mol. The Morgan fingerprint density at radius 2 is 1.77 bits per heavy atom. The topological polar surface area (TPSA) is 44.7 Å². The van der Waals surface area contributed by atoms with Gasteiger partial charge in [0.2, 0.25) is 0 Å². The van der Waals surface area contributed by atoms with Gasteiger partial charge in [-0.2, -0.15) is 0 Å². The SMILES string of the molecule is COc1ccc2c(c1)-c1c(sn(CCc3ccc(OC)c(OC)c3)c1=S)C(C)(C)N2. The van der Waals surface area contributed by atoms with Crippen LogP contribution in [0.3, 0.4) is 0 Å². The predicted octanol–water partition coefficient (Wildman–Crippen LogP) is 5.88. The lowest BCUT2D eigenvalue weighted by molar-refractivity contribution is 0.354. The Bertz CT molecular complexity index is 1150. The molecule has 0 radical (unpaired) electrons. The second-order valence-corrected chi connectivity index (χ2v) is 9.22. The molecule has 4 rings (SSSR count). The summed E-state index contributed by atoms with van der Waals surface area (Å²) in [6, 6.07) is 12.2. The van der Waals surface area contributed by atoms with Crippen LogP contribution < -0.4 is 19.5 Å². The number of aryl methyl sites for hydroxylation is 2. The van der Waals surface area contributed by atoms with Gasteiger partial charge in [-0.05, 0) is 56.2 Å². The number of aromatic nitrogens is 1. The van der Waals surface area contributed by atoms with Crippen LogP contribution in [0, 0.1) is 4.64 Å². The van der Waals surface area contributed by atoms with Gasteiger partial charge in [-0.3, -0.25) is 3.96 Å². The number of hydrogen-bond donors (Lipinski definition) is 1. The number of nitrogens with zero attached hydrogens (tertiary/aromatic N) is 1. The first-order valence-electron chi connectivity index (χ1n) is 9.80. The Labute approximate surface area is 186 Å². The summed E-state index contributed by atoms with van der Waals surface area (Å²) in [5.74, 6) is 2.32. The van der Waals surface area contributed by atoms with Crippen molar-refractivity contribution in [2.45, 2.75) is 32.4 Å². The fraction of sp³-hybridized carbons (Fsp3) is 0.348. The molecule has 7 heteroatoms. The Hall–Kier alpha value is -2.51. The molecule has 0 saturated carbocycles. The molecule has 0 fully saturated rings. The highest BCUT2D eigenvalue weighted by atomic mass is 32.1. The Morgan fingerprint density at radius 3 is 2.47 bits per heavy atom. The van der Waals surface area contributed by atoms with Crippen molar-refractivity contribution < 1.29 is 14.2 Å². The van der Waals surface area contributed by atoms with Gasteiger partial charge in [-0.15, -0.1) is 0 Å². The van der Waals surface area contributed by atoms with Gasteiger partial charge in [0.05, 0.1) is 31.7 Å². The largest absolute Gasteiger partial charge is 0.497 e. The quantitative estimate of drug-likeness (QED) is 0.483. The molecule has 1 aliphatic heterocycles. The van der Waals surface area contributed by atoms with Crippen LogP contribution >= 0.6 is 23.8 Å². The maximum atomic E-state index is 5.93. The first kappa shape index (κ1) is 20.8. The highest BCUT2D eigenvalue weighted by Gasteiger charge is 2.34. The lowest BCUT2D eigenvalue weighted by Gasteiger charge is -2.33. The minimum atomic E-state index is -0.191. The minimum Gasteiger partial charge on any atom is -0.497 e. The molecule has 1 aromatic heterocycles. The summed E-state index contributed by atoms with van der Waals surface area (Å²) >= 11 is 7.67. The molecule has 0 aliphatic carbocycles. The zero-order valence-electron chi connectivity index (χ0n) is 17.9. The molecule has 3 aromatic rings. The Kier molecular flexibility index (Phi) is 5.51. The number of benzene rings is 2. The smallest absolute Gasteiger partial charge is 0.160 e. The van der Waals surface area contributed by atoms with Crippen molar-refractivity contribution >= 4 is 29.4 Å². The van der Waals surface area contributed by atoms with E-state index in [1.165, 1.54) is 10.4 Å². The lowest BCUT2D eigenvalue weighted by Crippen LogP contribution is -2.30. The summed E-state index contributed by atoms with van der Waals surface area (Å²) in [6.45, 7) is 5.20. The average Bonchev–Trinajstić information content (AvgIpc) is 3.09. The highest BCUT2D eigenvalue weighted by Crippen LogP contribution is 2.47. The van der Waals surface area contributed by atoms with Gasteiger partial charge in [0, 0.05) is 23.4 Å². The van der Waals surface area contributed by atoms with Crippen LogP contribution in [-0.4, -0.2) is 25.3 Å². The molecule has 158 valence electrons. The fourth-order valence-corrected chi connectivity index (χ4v) is 5.49. The molecule has 1 aliphatic rings. The molecular formula is C23H26N2O3S2. The number of methoxy groups -OCH3 is 3. The van der Waals surface area contributed by atoms with Crippen LogP contribution in [0.15, 0.2) is 36.4 Å². The second kappa shape index (κ2) is 7.96. The van der Waals surface area contributed by atoms with E-state index in [0.29, 0.717) is 0 Å². The monoisotopic (exact) mass is 442 g/mol. The van der Waals surface area contributed by atoms with Gasteiger partial charge >= 0.3 is 0 Å². The molecule has 5 nitrogen and oxygen atoms in total. The van der Waals surface area contributed by atoms with Crippen molar-refractivity contribution in [3.8, 4) is 28.4 Å². The van der Waals surface area contributed by atoms with Gasteiger partial charge in [0.25, 0.3) is 0 Å². The van der Waals surface area contributed by atoms with Gasteiger partial charge < -0.3 is 19.5 Å². The fourth-order valence-electron chi connectivity index (χ4n) is 3.86. The van der Waals surface area contributed by atoms with Gasteiger partial charge in [-0.25, -0.2) is 0 Å². The molecule has 0 spiro atoms. The average molecular weight is 443 g/mol. The molecule has 0 atom stereocenters. The number of anilines is 1. The van der Waals surface area contributed by atoms with Crippen LogP contribution in [0.25, 0.3) is 11.1 Å². The van der Waals surface area contributed by atoms with E-state index < -0.39 is 0 Å². The first-order valence-corrected chi connectivity index (χ1v) is 11.0. The van der Waals surface area contributed by atoms with Crippen LogP contribution in [0.4, 0.5) is 5.69 Å². The van der Waals surface area contributed by atoms with E-state index in [1.807, 2.05) is 18.2 Å². The van der Waals surface area contributed by atoms with Crippen molar-refractivity contribution in [3.63, 3.8) is 0 Å². The lowest BCUT2D eigenvalue weighted by atomic mass is 9.90. The minimum absolute atomic E-state index is 0.191. The number of rotatable bonds is 6. The highest BCUT2D eigenvalue weighted by molar-refractivity contribution is 7.71. The maximum Gasteiger partial charge on any atom is 0.160 e. The zero-order chi connectivity index (χ0) is 21.5. The van der Waals surface area contributed by atoms with E-state index in [-0.39, 0.29) is 5.54 Å². The van der Waals surface area contributed by atoms with Gasteiger partial charge in [0.15, 0.2) is 11.5 Å². The molecule has 0 amide bonds. The second-order valence-electron chi connectivity index (χ2n) is 7.80. The first-order chi connectivity index (χ1) is 14.4. The summed E-state index contributed by atoms with van der Waals surface area (Å²) < 4.78 is 19.3. The molecule has 1 N–H and O–H groups in total. The van der Waals surface area contributed by atoms with Gasteiger partial charge in [-0.1, -0.05) is 29.8 Å². The van der Waals surface area contributed by atoms with Crippen LogP contribution in [0.2, 0.25) is 0 Å². The molecule has 2 aromatic carbocycles. The van der Waals surface area contributed by atoms with E-state index >= 15 is 0 Å². The van der Waals surface area contributed by atoms with Crippen LogP contribution in [-0.2, 0) is 18.5 Å². The molecule has 0 unspecified atom stereocenters. The zero-order valence-corrected chi connectivity index (χ0v) is 19.5.